The second-order valence-corrected chi connectivity index (χ2v) is 3.69. The molecule has 0 atom stereocenters. The summed E-state index contributed by atoms with van der Waals surface area (Å²) >= 11 is 0. The summed E-state index contributed by atoms with van der Waals surface area (Å²) < 4.78 is 4.93. The van der Waals surface area contributed by atoms with Crippen LogP contribution in [-0.4, -0.2) is 19.5 Å². The molecule has 0 unspecified atom stereocenters. The third kappa shape index (κ3) is 2.12. The lowest BCUT2D eigenvalue weighted by Crippen LogP contribution is -2.03. The summed E-state index contributed by atoms with van der Waals surface area (Å²) in [6.45, 7) is 0.474. The van der Waals surface area contributed by atoms with Gasteiger partial charge in [0.15, 0.2) is 5.78 Å². The minimum atomic E-state index is 0.138. The van der Waals surface area contributed by atoms with Crippen LogP contribution in [-0.2, 0) is 4.74 Å². The molecule has 0 spiro atoms. The first-order chi connectivity index (χ1) is 7.83. The van der Waals surface area contributed by atoms with Crippen LogP contribution in [0.5, 0.6) is 0 Å². The zero-order valence-electron chi connectivity index (χ0n) is 9.27. The van der Waals surface area contributed by atoms with Crippen molar-refractivity contribution < 1.29 is 9.53 Å². The molecular formula is C14H14O2. The van der Waals surface area contributed by atoms with E-state index in [1.54, 1.807) is 7.11 Å². The molecule has 0 aliphatic heterocycles. The summed E-state index contributed by atoms with van der Waals surface area (Å²) in [6, 6.07) is 13.7. The fourth-order valence-electron chi connectivity index (χ4n) is 1.80. The molecule has 16 heavy (non-hydrogen) atoms. The van der Waals surface area contributed by atoms with Crippen LogP contribution in [0.3, 0.4) is 0 Å². The fraction of sp³-hybridized carbons (Fsp3) is 0.214. The van der Waals surface area contributed by atoms with Crippen LogP contribution in [0.2, 0.25) is 0 Å². The van der Waals surface area contributed by atoms with Gasteiger partial charge in [0, 0.05) is 19.1 Å². The second kappa shape index (κ2) is 4.90. The zero-order valence-corrected chi connectivity index (χ0v) is 9.27. The molecule has 0 heterocycles. The number of Topliss-reactive ketones (excluding diaryl/α,β-unsaturated/α-hetero) is 1. The Morgan fingerprint density at radius 2 is 1.88 bits per heavy atom. The van der Waals surface area contributed by atoms with Crippen molar-refractivity contribution >= 4 is 16.6 Å². The summed E-state index contributed by atoms with van der Waals surface area (Å²) in [5.74, 6) is 0.138. The van der Waals surface area contributed by atoms with Crippen molar-refractivity contribution in [3.63, 3.8) is 0 Å². The lowest BCUT2D eigenvalue weighted by atomic mass is 10.0. The third-order valence-corrected chi connectivity index (χ3v) is 2.62. The van der Waals surface area contributed by atoms with Gasteiger partial charge in [0.05, 0.1) is 6.61 Å². The van der Waals surface area contributed by atoms with E-state index in [4.69, 9.17) is 4.74 Å². The molecule has 2 rings (SSSR count). The molecule has 2 aromatic rings. The Bertz CT molecular complexity index is 498. The molecule has 0 N–H and O–H groups in total. The quantitative estimate of drug-likeness (QED) is 0.731. The van der Waals surface area contributed by atoms with E-state index in [0.717, 1.165) is 16.3 Å². The number of hydrogen-bond acceptors (Lipinski definition) is 2. The van der Waals surface area contributed by atoms with Crippen LogP contribution < -0.4 is 0 Å². The Morgan fingerprint density at radius 1 is 1.12 bits per heavy atom. The first kappa shape index (κ1) is 10.8. The van der Waals surface area contributed by atoms with Crippen LogP contribution in [0.1, 0.15) is 16.8 Å². The lowest BCUT2D eigenvalue weighted by molar-refractivity contribution is 0.0934. The van der Waals surface area contributed by atoms with E-state index in [1.807, 2.05) is 42.5 Å². The number of fused-ring (bicyclic) bond motifs is 1. The molecule has 2 aromatic carbocycles. The van der Waals surface area contributed by atoms with Gasteiger partial charge in [-0.05, 0) is 10.8 Å². The van der Waals surface area contributed by atoms with Crippen molar-refractivity contribution in [2.45, 2.75) is 6.42 Å². The van der Waals surface area contributed by atoms with Crippen LogP contribution in [0.4, 0.5) is 0 Å². The van der Waals surface area contributed by atoms with E-state index in [2.05, 4.69) is 0 Å². The number of carbonyl (C=O) groups excluding carboxylic acids is 1. The Labute approximate surface area is 94.8 Å². The highest BCUT2D eigenvalue weighted by molar-refractivity contribution is 6.08. The highest BCUT2D eigenvalue weighted by Crippen LogP contribution is 2.19. The number of methoxy groups -OCH3 is 1. The maximum atomic E-state index is 11.9. The summed E-state index contributed by atoms with van der Waals surface area (Å²) in [5, 5.41) is 2.12. The van der Waals surface area contributed by atoms with Crippen LogP contribution in [0.25, 0.3) is 10.8 Å². The van der Waals surface area contributed by atoms with Crippen molar-refractivity contribution in [2.24, 2.45) is 0 Å². The predicted molar refractivity (Wildman–Crippen MR) is 64.8 cm³/mol. The van der Waals surface area contributed by atoms with Crippen LogP contribution in [0, 0.1) is 0 Å². The maximum Gasteiger partial charge on any atom is 0.165 e. The van der Waals surface area contributed by atoms with Gasteiger partial charge in [0.25, 0.3) is 0 Å². The Morgan fingerprint density at radius 3 is 2.69 bits per heavy atom. The molecule has 0 radical (unpaired) electrons. The Hall–Kier alpha value is -1.67. The monoisotopic (exact) mass is 214 g/mol. The Kier molecular flexibility index (Phi) is 3.32. The average molecular weight is 214 g/mol. The van der Waals surface area contributed by atoms with E-state index in [9.17, 15) is 4.79 Å². The number of hydrogen-bond donors (Lipinski definition) is 0. The highest BCUT2D eigenvalue weighted by Gasteiger charge is 2.08. The molecule has 82 valence electrons. The SMILES string of the molecule is COCCC(=O)c1cccc2ccccc12. The molecule has 2 heteroatoms. The van der Waals surface area contributed by atoms with Crippen LogP contribution in [0.15, 0.2) is 42.5 Å². The van der Waals surface area contributed by atoms with Crippen LogP contribution >= 0.6 is 0 Å². The first-order valence-electron chi connectivity index (χ1n) is 5.33. The van der Waals surface area contributed by atoms with Crippen molar-refractivity contribution in [1.29, 1.82) is 0 Å². The predicted octanol–water partition coefficient (Wildman–Crippen LogP) is 3.06. The summed E-state index contributed by atoms with van der Waals surface area (Å²) in [7, 11) is 1.61. The minimum absolute atomic E-state index is 0.138. The molecular weight excluding hydrogens is 200 g/mol. The average Bonchev–Trinajstić information content (AvgIpc) is 2.35. The Balaban J connectivity index is 2.40. The summed E-state index contributed by atoms with van der Waals surface area (Å²) in [4.78, 5) is 11.9. The standard InChI is InChI=1S/C14H14O2/c1-16-10-9-14(15)13-8-4-6-11-5-2-3-7-12(11)13/h2-8H,9-10H2,1H3. The first-order valence-corrected chi connectivity index (χ1v) is 5.33. The highest BCUT2D eigenvalue weighted by atomic mass is 16.5. The molecule has 2 nitrogen and oxygen atoms in total. The normalized spacial score (nSPS) is 10.6. The molecule has 0 aliphatic carbocycles. The minimum Gasteiger partial charge on any atom is -0.384 e. The van der Waals surface area contributed by atoms with Gasteiger partial charge in [0.2, 0.25) is 0 Å². The molecule has 0 aliphatic rings. The number of rotatable bonds is 4. The van der Waals surface area contributed by atoms with Gasteiger partial charge in [0.1, 0.15) is 0 Å². The van der Waals surface area contributed by atoms with Gasteiger partial charge in [-0.15, -0.1) is 0 Å². The van der Waals surface area contributed by atoms with Crippen molar-refractivity contribution in [2.75, 3.05) is 13.7 Å². The zero-order chi connectivity index (χ0) is 11.4. The lowest BCUT2D eigenvalue weighted by Gasteiger charge is -2.05. The number of ketones is 1. The molecule has 0 aromatic heterocycles. The topological polar surface area (TPSA) is 26.3 Å². The van der Waals surface area contributed by atoms with E-state index < -0.39 is 0 Å². The smallest absolute Gasteiger partial charge is 0.165 e. The molecule has 0 saturated heterocycles. The number of ether oxygens (including phenoxy) is 1. The van der Waals surface area contributed by atoms with Gasteiger partial charge in [-0.2, -0.15) is 0 Å². The van der Waals surface area contributed by atoms with Crippen molar-refractivity contribution in [3.8, 4) is 0 Å². The number of carbonyl (C=O) groups is 1. The van der Waals surface area contributed by atoms with Gasteiger partial charge >= 0.3 is 0 Å². The van der Waals surface area contributed by atoms with E-state index in [-0.39, 0.29) is 5.78 Å². The van der Waals surface area contributed by atoms with Gasteiger partial charge < -0.3 is 4.74 Å². The van der Waals surface area contributed by atoms with Gasteiger partial charge in [-0.1, -0.05) is 42.5 Å². The van der Waals surface area contributed by atoms with E-state index >= 15 is 0 Å². The summed E-state index contributed by atoms with van der Waals surface area (Å²) in [5.41, 5.74) is 0.787. The molecule has 0 bridgehead atoms. The van der Waals surface area contributed by atoms with E-state index in [0.29, 0.717) is 13.0 Å². The largest absolute Gasteiger partial charge is 0.384 e. The van der Waals surface area contributed by atoms with E-state index in [1.165, 1.54) is 0 Å². The molecule has 0 fully saturated rings. The molecule has 0 amide bonds. The van der Waals surface area contributed by atoms with Gasteiger partial charge in [-0.3, -0.25) is 4.79 Å². The second-order valence-electron chi connectivity index (χ2n) is 3.69. The third-order valence-electron chi connectivity index (χ3n) is 2.62. The van der Waals surface area contributed by atoms with Crippen molar-refractivity contribution in [1.82, 2.24) is 0 Å². The maximum absolute atomic E-state index is 11.9. The summed E-state index contributed by atoms with van der Waals surface area (Å²) in [6.07, 6.45) is 0.435. The number of benzene rings is 2. The van der Waals surface area contributed by atoms with Gasteiger partial charge in [-0.25, -0.2) is 0 Å². The van der Waals surface area contributed by atoms with Crippen molar-refractivity contribution in [3.05, 3.63) is 48.0 Å². The molecule has 0 saturated carbocycles. The fourth-order valence-corrected chi connectivity index (χ4v) is 1.80.